The zero-order valence-electron chi connectivity index (χ0n) is 7.48. The van der Waals surface area contributed by atoms with E-state index >= 15 is 0 Å². The van der Waals surface area contributed by atoms with E-state index in [2.05, 4.69) is 9.89 Å². The molecule has 0 atom stereocenters. The van der Waals surface area contributed by atoms with E-state index in [1.54, 1.807) is 6.92 Å². The molecule has 0 bridgehead atoms. The van der Waals surface area contributed by atoms with Gasteiger partial charge >= 0.3 is 5.97 Å². The molecule has 0 aromatic heterocycles. The zero-order valence-corrected chi connectivity index (χ0v) is 7.48. The van der Waals surface area contributed by atoms with Gasteiger partial charge in [0.2, 0.25) is 5.71 Å². The fourth-order valence-electron chi connectivity index (χ4n) is 0.567. The summed E-state index contributed by atoms with van der Waals surface area (Å²) in [5.41, 5.74) is -0.714. The summed E-state index contributed by atoms with van der Waals surface area (Å²) in [6.45, 7) is 1.46. The molecule has 7 heteroatoms. The Hall–Kier alpha value is -2.10. The van der Waals surface area contributed by atoms with Crippen molar-refractivity contribution in [1.82, 2.24) is 5.32 Å². The first-order chi connectivity index (χ1) is 6.65. The van der Waals surface area contributed by atoms with Crippen molar-refractivity contribution < 1.29 is 19.5 Å². The van der Waals surface area contributed by atoms with Gasteiger partial charge < -0.3 is 15.3 Å². The maximum Gasteiger partial charge on any atom is 0.325 e. The van der Waals surface area contributed by atoms with Gasteiger partial charge in [-0.25, -0.2) is 0 Å². The number of nitrogens with one attached hydrogen (secondary N) is 1. The molecule has 76 valence electrons. The molecule has 1 amide bonds. The zero-order chi connectivity index (χ0) is 11.0. The maximum absolute atomic E-state index is 10.9. The lowest BCUT2D eigenvalue weighted by Crippen LogP contribution is -2.35. The van der Waals surface area contributed by atoms with Crippen molar-refractivity contribution in [2.24, 2.45) is 5.16 Å². The minimum atomic E-state index is -0.928. The Morgan fingerprint density at radius 1 is 1.64 bits per heavy atom. The van der Waals surface area contributed by atoms with Gasteiger partial charge in [0.25, 0.3) is 5.91 Å². The van der Waals surface area contributed by atoms with Crippen LogP contribution in [0.1, 0.15) is 6.92 Å². The second kappa shape index (κ2) is 6.42. The van der Waals surface area contributed by atoms with E-state index in [0.717, 1.165) is 0 Å². The standard InChI is InChI=1S/C7H9N3O4/c1-2-14-6(11)4-9-7(12)5(3-8)10-13/h13H,2,4H2,1H3,(H,9,12). The first-order valence-corrected chi connectivity index (χ1v) is 3.71. The molecule has 0 aliphatic heterocycles. The Labute approximate surface area is 80.0 Å². The number of ether oxygens (including phenoxy) is 1. The van der Waals surface area contributed by atoms with Crippen LogP contribution in [0.4, 0.5) is 0 Å². The fourth-order valence-corrected chi connectivity index (χ4v) is 0.567. The highest BCUT2D eigenvalue weighted by Crippen LogP contribution is 1.78. The molecule has 7 nitrogen and oxygen atoms in total. The van der Waals surface area contributed by atoms with E-state index in [0.29, 0.717) is 0 Å². The highest BCUT2D eigenvalue weighted by Gasteiger charge is 2.12. The van der Waals surface area contributed by atoms with Gasteiger partial charge in [0.1, 0.15) is 12.6 Å². The van der Waals surface area contributed by atoms with Gasteiger partial charge in [-0.1, -0.05) is 5.16 Å². The maximum atomic E-state index is 10.9. The highest BCUT2D eigenvalue weighted by atomic mass is 16.5. The second-order valence-electron chi connectivity index (χ2n) is 2.05. The topological polar surface area (TPSA) is 112 Å². The molecule has 0 rings (SSSR count). The van der Waals surface area contributed by atoms with Gasteiger partial charge in [-0.15, -0.1) is 0 Å². The fraction of sp³-hybridized carbons (Fsp3) is 0.429. The lowest BCUT2D eigenvalue weighted by Gasteiger charge is -2.02. The Morgan fingerprint density at radius 2 is 2.29 bits per heavy atom. The van der Waals surface area contributed by atoms with Gasteiger partial charge in [0.15, 0.2) is 0 Å². The van der Waals surface area contributed by atoms with Crippen molar-refractivity contribution in [2.75, 3.05) is 13.2 Å². The van der Waals surface area contributed by atoms with Crippen LogP contribution in [0.2, 0.25) is 0 Å². The van der Waals surface area contributed by atoms with Gasteiger partial charge in [-0.05, 0) is 6.92 Å². The Balaban J connectivity index is 3.98. The molecule has 0 saturated carbocycles. The summed E-state index contributed by atoms with van der Waals surface area (Å²) in [5.74, 6) is -1.56. The van der Waals surface area contributed by atoms with Gasteiger partial charge in [-0.3, -0.25) is 9.59 Å². The smallest absolute Gasteiger partial charge is 0.325 e. The molecule has 0 aromatic carbocycles. The van der Waals surface area contributed by atoms with Crippen molar-refractivity contribution in [3.05, 3.63) is 0 Å². The van der Waals surface area contributed by atoms with Crippen LogP contribution in [0.15, 0.2) is 5.16 Å². The predicted octanol–water partition coefficient (Wildman–Crippen LogP) is -0.981. The Morgan fingerprint density at radius 3 is 2.71 bits per heavy atom. The van der Waals surface area contributed by atoms with E-state index in [4.69, 9.17) is 10.5 Å². The Bertz CT molecular complexity index is 292. The number of hydrogen-bond acceptors (Lipinski definition) is 6. The lowest BCUT2D eigenvalue weighted by atomic mass is 10.4. The van der Waals surface area contributed by atoms with Crippen LogP contribution in [0.25, 0.3) is 0 Å². The highest BCUT2D eigenvalue weighted by molar-refractivity contribution is 6.45. The minimum Gasteiger partial charge on any atom is -0.465 e. The second-order valence-corrected chi connectivity index (χ2v) is 2.05. The molecule has 14 heavy (non-hydrogen) atoms. The molecule has 0 aromatic rings. The third-order valence-electron chi connectivity index (χ3n) is 1.12. The first kappa shape index (κ1) is 11.9. The van der Waals surface area contributed by atoms with Crippen LogP contribution in [-0.4, -0.2) is 35.9 Å². The summed E-state index contributed by atoms with van der Waals surface area (Å²) in [7, 11) is 0. The van der Waals surface area contributed by atoms with Crippen LogP contribution in [0.5, 0.6) is 0 Å². The summed E-state index contributed by atoms with van der Waals surface area (Å²) in [6, 6.07) is 1.34. The molecular formula is C7H9N3O4. The normalized spacial score (nSPS) is 10.1. The van der Waals surface area contributed by atoms with E-state index < -0.39 is 17.6 Å². The first-order valence-electron chi connectivity index (χ1n) is 3.71. The molecule has 0 radical (unpaired) electrons. The van der Waals surface area contributed by atoms with Crippen molar-refractivity contribution in [1.29, 1.82) is 5.26 Å². The molecule has 0 heterocycles. The number of carbonyl (C=O) groups excluding carboxylic acids is 2. The van der Waals surface area contributed by atoms with Crippen molar-refractivity contribution in [3.8, 4) is 6.07 Å². The molecule has 2 N–H and O–H groups in total. The summed E-state index contributed by atoms with van der Waals surface area (Å²) < 4.78 is 4.50. The summed E-state index contributed by atoms with van der Waals surface area (Å²) in [4.78, 5) is 21.6. The van der Waals surface area contributed by atoms with Crippen LogP contribution in [0.3, 0.4) is 0 Å². The average molecular weight is 199 g/mol. The number of nitriles is 1. The third-order valence-corrected chi connectivity index (χ3v) is 1.12. The molecule has 0 unspecified atom stereocenters. The van der Waals surface area contributed by atoms with Crippen LogP contribution < -0.4 is 5.32 Å². The number of rotatable bonds is 4. The summed E-state index contributed by atoms with van der Waals surface area (Å²) in [6.07, 6.45) is 0. The number of esters is 1. The lowest BCUT2D eigenvalue weighted by molar-refractivity contribution is -0.142. The molecule has 0 aliphatic rings. The third kappa shape index (κ3) is 4.06. The van der Waals surface area contributed by atoms with Gasteiger partial charge in [0, 0.05) is 0 Å². The molecule has 0 fully saturated rings. The van der Waals surface area contributed by atoms with Gasteiger partial charge in [-0.2, -0.15) is 5.26 Å². The number of carbonyl (C=O) groups is 2. The minimum absolute atomic E-state index is 0.202. The summed E-state index contributed by atoms with van der Waals surface area (Å²) >= 11 is 0. The van der Waals surface area contributed by atoms with E-state index in [-0.39, 0.29) is 13.2 Å². The van der Waals surface area contributed by atoms with Crippen LogP contribution >= 0.6 is 0 Å². The molecule has 0 spiro atoms. The molecular weight excluding hydrogens is 190 g/mol. The molecule has 0 saturated heterocycles. The largest absolute Gasteiger partial charge is 0.465 e. The van der Waals surface area contributed by atoms with Crippen LogP contribution in [-0.2, 0) is 14.3 Å². The Kier molecular flexibility index (Phi) is 5.46. The number of nitrogens with zero attached hydrogens (tertiary/aromatic N) is 2. The number of amides is 1. The van der Waals surface area contributed by atoms with Crippen LogP contribution in [0, 0.1) is 11.3 Å². The van der Waals surface area contributed by atoms with E-state index in [1.807, 2.05) is 5.32 Å². The SMILES string of the molecule is CCOC(=O)CNC(=O)C(C#N)=NO. The monoisotopic (exact) mass is 199 g/mol. The van der Waals surface area contributed by atoms with Crippen molar-refractivity contribution >= 4 is 17.6 Å². The quantitative estimate of drug-likeness (QED) is 0.261. The summed E-state index contributed by atoms with van der Waals surface area (Å²) in [5, 5.41) is 20.9. The average Bonchev–Trinajstić information content (AvgIpc) is 2.17. The molecule has 0 aliphatic carbocycles. The number of oxime groups is 1. The van der Waals surface area contributed by atoms with Crippen molar-refractivity contribution in [2.45, 2.75) is 6.92 Å². The van der Waals surface area contributed by atoms with Gasteiger partial charge in [0.05, 0.1) is 6.61 Å². The predicted molar refractivity (Wildman–Crippen MR) is 44.5 cm³/mol. The van der Waals surface area contributed by atoms with Crippen molar-refractivity contribution in [3.63, 3.8) is 0 Å². The van der Waals surface area contributed by atoms with E-state index in [1.165, 1.54) is 6.07 Å². The number of hydrogen-bond donors (Lipinski definition) is 2. The van der Waals surface area contributed by atoms with E-state index in [9.17, 15) is 9.59 Å².